The van der Waals surface area contributed by atoms with Crippen molar-refractivity contribution in [2.75, 3.05) is 13.7 Å². The number of nitrogens with two attached hydrogens (primary N) is 1. The maximum atomic E-state index is 13.1. The van der Waals surface area contributed by atoms with Gasteiger partial charge in [-0.05, 0) is 50.3 Å². The third-order valence-corrected chi connectivity index (χ3v) is 6.24. The molecular formula is C21H29N5O4. The number of fused-ring (bicyclic) bond motifs is 2. The van der Waals surface area contributed by atoms with Crippen LogP contribution in [-0.2, 0) is 25.5 Å². The van der Waals surface area contributed by atoms with E-state index in [1.807, 2.05) is 12.1 Å². The van der Waals surface area contributed by atoms with E-state index in [-0.39, 0.29) is 24.5 Å². The van der Waals surface area contributed by atoms with E-state index in [1.165, 1.54) is 10.5 Å². The number of rotatable bonds is 5. The number of aryl methyl sites for hydroxylation is 1. The molecule has 5 N–H and O–H groups in total. The molecule has 1 aliphatic carbocycles. The lowest BCUT2D eigenvalue weighted by Crippen LogP contribution is -2.63. The molecule has 1 aromatic rings. The first-order chi connectivity index (χ1) is 14.5. The second kappa shape index (κ2) is 8.71. The van der Waals surface area contributed by atoms with Crippen LogP contribution in [0, 0.1) is 0 Å². The minimum atomic E-state index is -0.917. The van der Waals surface area contributed by atoms with Gasteiger partial charge in [0, 0.05) is 0 Å². The van der Waals surface area contributed by atoms with Crippen LogP contribution in [-0.4, -0.2) is 60.8 Å². The summed E-state index contributed by atoms with van der Waals surface area (Å²) >= 11 is 0. The van der Waals surface area contributed by atoms with Crippen LogP contribution in [0.1, 0.15) is 42.9 Å². The van der Waals surface area contributed by atoms with Crippen molar-refractivity contribution in [2.45, 2.75) is 62.6 Å². The van der Waals surface area contributed by atoms with Gasteiger partial charge in [-0.15, -0.1) is 0 Å². The molecule has 2 saturated heterocycles. The smallest absolute Gasteiger partial charge is 0.252 e. The van der Waals surface area contributed by atoms with Gasteiger partial charge in [0.1, 0.15) is 24.5 Å². The standard InChI is InChI=1S/C21H29N5O4/c1-23-18(22)20(28)25-15-11-30-17-10-9-16(26(17)21(15)29)19(27)24-14-8-4-6-12-5-2-3-7-13(12)14/h2-3,5,7,14-18,23H,4,6,8-11,22H2,1H3,(H,24,27)(H,25,28)/t14?,15?,16?,17-,18+/m0/s1. The van der Waals surface area contributed by atoms with Crippen LogP contribution in [0.2, 0.25) is 0 Å². The first-order valence-electron chi connectivity index (χ1n) is 10.5. The summed E-state index contributed by atoms with van der Waals surface area (Å²) in [4.78, 5) is 39.7. The number of nitrogens with zero attached hydrogens (tertiary/aromatic N) is 1. The molecule has 1 aromatic carbocycles. The second-order valence-electron chi connectivity index (χ2n) is 8.11. The van der Waals surface area contributed by atoms with Gasteiger partial charge in [0.2, 0.25) is 11.8 Å². The van der Waals surface area contributed by atoms with Crippen molar-refractivity contribution in [3.8, 4) is 0 Å². The Kier molecular flexibility index (Phi) is 6.03. The van der Waals surface area contributed by atoms with Gasteiger partial charge >= 0.3 is 0 Å². The maximum Gasteiger partial charge on any atom is 0.252 e. The molecule has 0 bridgehead atoms. The van der Waals surface area contributed by atoms with Crippen molar-refractivity contribution >= 4 is 17.7 Å². The Morgan fingerprint density at radius 2 is 1.97 bits per heavy atom. The summed E-state index contributed by atoms with van der Waals surface area (Å²) in [5.74, 6) is -0.962. The second-order valence-corrected chi connectivity index (χ2v) is 8.11. The predicted molar refractivity (Wildman–Crippen MR) is 109 cm³/mol. The van der Waals surface area contributed by atoms with Gasteiger partial charge < -0.3 is 26.0 Å². The van der Waals surface area contributed by atoms with Crippen molar-refractivity contribution in [2.24, 2.45) is 5.73 Å². The molecule has 5 atom stereocenters. The van der Waals surface area contributed by atoms with Gasteiger partial charge in [-0.3, -0.25) is 19.7 Å². The van der Waals surface area contributed by atoms with Crippen LogP contribution in [0.5, 0.6) is 0 Å². The third kappa shape index (κ3) is 3.92. The van der Waals surface area contributed by atoms with E-state index in [2.05, 4.69) is 28.1 Å². The van der Waals surface area contributed by atoms with E-state index in [0.29, 0.717) is 12.8 Å². The van der Waals surface area contributed by atoms with Crippen LogP contribution in [0.15, 0.2) is 24.3 Å². The van der Waals surface area contributed by atoms with Crippen LogP contribution in [0.3, 0.4) is 0 Å². The summed E-state index contributed by atoms with van der Waals surface area (Å²) in [5, 5.41) is 8.39. The number of carbonyl (C=O) groups excluding carboxylic acids is 3. The van der Waals surface area contributed by atoms with E-state index in [4.69, 9.17) is 10.5 Å². The highest BCUT2D eigenvalue weighted by Gasteiger charge is 2.47. The lowest BCUT2D eigenvalue weighted by molar-refractivity contribution is -0.167. The highest BCUT2D eigenvalue weighted by molar-refractivity contribution is 5.94. The SMILES string of the molecule is CN[C@@H](N)C(=O)NC1CO[C@H]2CCC(C(=O)NC3CCCc4ccccc43)N2C1=O. The van der Waals surface area contributed by atoms with E-state index >= 15 is 0 Å². The first-order valence-corrected chi connectivity index (χ1v) is 10.5. The molecule has 3 unspecified atom stereocenters. The lowest BCUT2D eigenvalue weighted by Gasteiger charge is -2.38. The average Bonchev–Trinajstić information content (AvgIpc) is 3.20. The molecule has 9 nitrogen and oxygen atoms in total. The van der Waals surface area contributed by atoms with Crippen LogP contribution >= 0.6 is 0 Å². The van der Waals surface area contributed by atoms with E-state index in [1.54, 1.807) is 7.05 Å². The topological polar surface area (TPSA) is 126 Å². The normalized spacial score (nSPS) is 29.0. The Balaban J connectivity index is 1.44. The average molecular weight is 415 g/mol. The molecule has 2 heterocycles. The van der Waals surface area contributed by atoms with Crippen LogP contribution < -0.4 is 21.7 Å². The lowest BCUT2D eigenvalue weighted by atomic mass is 9.87. The molecule has 2 fully saturated rings. The Hall–Kier alpha value is -2.49. The Labute approximate surface area is 175 Å². The van der Waals surface area contributed by atoms with E-state index < -0.39 is 30.4 Å². The fourth-order valence-electron chi connectivity index (χ4n) is 4.62. The molecule has 4 rings (SSSR count). The van der Waals surface area contributed by atoms with Gasteiger partial charge in [-0.2, -0.15) is 0 Å². The van der Waals surface area contributed by atoms with Gasteiger partial charge in [-0.25, -0.2) is 0 Å². The van der Waals surface area contributed by atoms with Crippen LogP contribution in [0.25, 0.3) is 0 Å². The number of benzene rings is 1. The third-order valence-electron chi connectivity index (χ3n) is 6.24. The Morgan fingerprint density at radius 1 is 1.17 bits per heavy atom. The zero-order chi connectivity index (χ0) is 21.3. The summed E-state index contributed by atoms with van der Waals surface area (Å²) in [5.41, 5.74) is 8.07. The number of likely N-dealkylation sites (N-methyl/N-ethyl adjacent to an activating group) is 1. The molecular weight excluding hydrogens is 386 g/mol. The number of amides is 3. The molecule has 30 heavy (non-hydrogen) atoms. The van der Waals surface area contributed by atoms with Gasteiger partial charge in [0.25, 0.3) is 5.91 Å². The zero-order valence-electron chi connectivity index (χ0n) is 17.1. The highest BCUT2D eigenvalue weighted by atomic mass is 16.5. The van der Waals surface area contributed by atoms with E-state index in [0.717, 1.165) is 24.8 Å². The van der Waals surface area contributed by atoms with Crippen molar-refractivity contribution in [3.63, 3.8) is 0 Å². The molecule has 3 aliphatic rings. The maximum absolute atomic E-state index is 13.1. The number of hydrogen-bond acceptors (Lipinski definition) is 6. The molecule has 162 valence electrons. The van der Waals surface area contributed by atoms with Crippen molar-refractivity contribution in [1.82, 2.24) is 20.9 Å². The molecule has 0 aromatic heterocycles. The first kappa shape index (κ1) is 20.8. The zero-order valence-corrected chi connectivity index (χ0v) is 17.1. The minimum absolute atomic E-state index is 0.0496. The van der Waals surface area contributed by atoms with E-state index in [9.17, 15) is 14.4 Å². The quantitative estimate of drug-likeness (QED) is 0.481. The summed E-state index contributed by atoms with van der Waals surface area (Å²) in [6, 6.07) is 6.66. The fourth-order valence-corrected chi connectivity index (χ4v) is 4.62. The highest BCUT2D eigenvalue weighted by Crippen LogP contribution is 2.32. The molecule has 9 heteroatoms. The number of hydrogen-bond donors (Lipinski definition) is 4. The minimum Gasteiger partial charge on any atom is -0.356 e. The largest absolute Gasteiger partial charge is 0.356 e. The van der Waals surface area contributed by atoms with Crippen LogP contribution in [0.4, 0.5) is 0 Å². The Morgan fingerprint density at radius 3 is 2.77 bits per heavy atom. The number of ether oxygens (including phenoxy) is 1. The monoisotopic (exact) mass is 415 g/mol. The molecule has 3 amide bonds. The van der Waals surface area contributed by atoms with Crippen molar-refractivity contribution < 1.29 is 19.1 Å². The fraction of sp³-hybridized carbons (Fsp3) is 0.571. The summed E-state index contributed by atoms with van der Waals surface area (Å²) in [6.45, 7) is 0.0759. The molecule has 0 saturated carbocycles. The molecule has 0 radical (unpaired) electrons. The summed E-state index contributed by atoms with van der Waals surface area (Å²) in [6.07, 6.45) is 2.69. The van der Waals surface area contributed by atoms with Gasteiger partial charge in [0.05, 0.1) is 12.6 Å². The summed E-state index contributed by atoms with van der Waals surface area (Å²) in [7, 11) is 1.56. The Bertz CT molecular complexity index is 831. The van der Waals surface area contributed by atoms with Gasteiger partial charge in [0.15, 0.2) is 0 Å². The van der Waals surface area contributed by atoms with Crippen molar-refractivity contribution in [3.05, 3.63) is 35.4 Å². The van der Waals surface area contributed by atoms with Gasteiger partial charge in [-0.1, -0.05) is 24.3 Å². The summed E-state index contributed by atoms with van der Waals surface area (Å²) < 4.78 is 5.77. The predicted octanol–water partition coefficient (Wildman–Crippen LogP) is -0.483. The molecule has 0 spiro atoms. The molecule has 2 aliphatic heterocycles. The van der Waals surface area contributed by atoms with Crippen molar-refractivity contribution in [1.29, 1.82) is 0 Å². The number of nitrogens with one attached hydrogen (secondary N) is 3. The number of carbonyl (C=O) groups is 3.